The van der Waals surface area contributed by atoms with Crippen LogP contribution in [0.4, 0.5) is 0 Å². The zero-order valence-corrected chi connectivity index (χ0v) is 10.1. The predicted octanol–water partition coefficient (Wildman–Crippen LogP) is 2.32. The second kappa shape index (κ2) is 6.68. The lowest BCUT2D eigenvalue weighted by Gasteiger charge is -2.05. The van der Waals surface area contributed by atoms with Crippen LogP contribution in [0.5, 0.6) is 0 Å². The number of esters is 2. The Labute approximate surface area is 101 Å². The summed E-state index contributed by atoms with van der Waals surface area (Å²) in [6, 6.07) is 7.24. The first-order valence-corrected chi connectivity index (χ1v) is 5.53. The van der Waals surface area contributed by atoms with Crippen LogP contribution in [0.15, 0.2) is 24.3 Å². The number of benzene rings is 1. The van der Waals surface area contributed by atoms with Gasteiger partial charge in [-0.2, -0.15) is 0 Å². The molecule has 0 aliphatic carbocycles. The molecule has 0 amide bonds. The van der Waals surface area contributed by atoms with E-state index in [-0.39, 0.29) is 6.79 Å². The Kier molecular flexibility index (Phi) is 5.20. The van der Waals surface area contributed by atoms with E-state index in [4.69, 9.17) is 4.74 Å². The third-order valence-electron chi connectivity index (χ3n) is 2.15. The first-order chi connectivity index (χ1) is 8.13. The largest absolute Gasteiger partial charge is 0.428 e. The fourth-order valence-electron chi connectivity index (χ4n) is 1.39. The van der Waals surface area contributed by atoms with Gasteiger partial charge in [-0.25, -0.2) is 4.79 Å². The molecule has 0 N–H and O–H groups in total. The fourth-order valence-corrected chi connectivity index (χ4v) is 1.39. The minimum absolute atomic E-state index is 0.341. The summed E-state index contributed by atoms with van der Waals surface area (Å²) in [6.45, 7) is 2.99. The molecule has 0 aromatic heterocycles. The van der Waals surface area contributed by atoms with Crippen molar-refractivity contribution < 1.29 is 19.1 Å². The van der Waals surface area contributed by atoms with Gasteiger partial charge < -0.3 is 9.47 Å². The quantitative estimate of drug-likeness (QED) is 0.581. The summed E-state index contributed by atoms with van der Waals surface area (Å²) in [5, 5.41) is 0. The fraction of sp³-hybridized carbons (Fsp3) is 0.385. The molecule has 0 atom stereocenters. The van der Waals surface area contributed by atoms with Gasteiger partial charge in [-0.15, -0.1) is 0 Å². The Hall–Kier alpha value is -1.84. The van der Waals surface area contributed by atoms with Crippen LogP contribution in [-0.2, 0) is 20.7 Å². The predicted molar refractivity (Wildman–Crippen MR) is 62.5 cm³/mol. The zero-order chi connectivity index (χ0) is 12.7. The molecule has 4 nitrogen and oxygen atoms in total. The Bertz CT molecular complexity index is 398. The number of aryl methyl sites for hydroxylation is 1. The Morgan fingerprint density at radius 3 is 2.65 bits per heavy atom. The highest BCUT2D eigenvalue weighted by atomic mass is 16.7. The summed E-state index contributed by atoms with van der Waals surface area (Å²) in [5.41, 5.74) is 1.57. The molecule has 0 saturated carbocycles. The van der Waals surface area contributed by atoms with Crippen LogP contribution in [0.1, 0.15) is 36.2 Å². The third kappa shape index (κ3) is 4.68. The van der Waals surface area contributed by atoms with Crippen molar-refractivity contribution in [3.05, 3.63) is 35.4 Å². The maximum atomic E-state index is 11.6. The monoisotopic (exact) mass is 236 g/mol. The van der Waals surface area contributed by atoms with Crippen molar-refractivity contribution in [3.63, 3.8) is 0 Å². The van der Waals surface area contributed by atoms with Gasteiger partial charge in [0.2, 0.25) is 6.79 Å². The summed E-state index contributed by atoms with van der Waals surface area (Å²) < 4.78 is 9.32. The van der Waals surface area contributed by atoms with Gasteiger partial charge in [-0.3, -0.25) is 4.79 Å². The maximum Gasteiger partial charge on any atom is 0.341 e. The summed E-state index contributed by atoms with van der Waals surface area (Å²) in [4.78, 5) is 22.1. The van der Waals surface area contributed by atoms with Crippen LogP contribution < -0.4 is 0 Å². The highest BCUT2D eigenvalue weighted by molar-refractivity contribution is 5.89. The van der Waals surface area contributed by atoms with Gasteiger partial charge in [0, 0.05) is 6.92 Å². The molecule has 1 aromatic rings. The molecule has 92 valence electrons. The molecule has 1 aromatic carbocycles. The van der Waals surface area contributed by atoms with Crippen LogP contribution in [0, 0.1) is 0 Å². The minimum Gasteiger partial charge on any atom is -0.428 e. The van der Waals surface area contributed by atoms with Crippen molar-refractivity contribution in [2.24, 2.45) is 0 Å². The van der Waals surface area contributed by atoms with E-state index in [9.17, 15) is 9.59 Å². The van der Waals surface area contributed by atoms with Gasteiger partial charge in [0.15, 0.2) is 0 Å². The highest BCUT2D eigenvalue weighted by Crippen LogP contribution is 2.08. The lowest BCUT2D eigenvalue weighted by molar-refractivity contribution is -0.149. The number of carbonyl (C=O) groups is 2. The molecule has 0 unspecified atom stereocenters. The van der Waals surface area contributed by atoms with Gasteiger partial charge in [0.1, 0.15) is 0 Å². The first kappa shape index (κ1) is 13.2. The average Bonchev–Trinajstić information content (AvgIpc) is 2.29. The van der Waals surface area contributed by atoms with Crippen molar-refractivity contribution in [2.45, 2.75) is 26.7 Å². The van der Waals surface area contributed by atoms with Crippen molar-refractivity contribution in [1.29, 1.82) is 0 Å². The van der Waals surface area contributed by atoms with Gasteiger partial charge >= 0.3 is 11.9 Å². The summed E-state index contributed by atoms with van der Waals surface area (Å²) in [5.74, 6) is -0.957. The van der Waals surface area contributed by atoms with E-state index in [1.807, 2.05) is 12.1 Å². The zero-order valence-electron chi connectivity index (χ0n) is 10.1. The third-order valence-corrected chi connectivity index (χ3v) is 2.15. The van der Waals surface area contributed by atoms with Gasteiger partial charge in [0.25, 0.3) is 0 Å². The van der Waals surface area contributed by atoms with E-state index in [2.05, 4.69) is 11.7 Å². The Balaban J connectivity index is 2.56. The molecule has 17 heavy (non-hydrogen) atoms. The minimum atomic E-state index is -0.482. The van der Waals surface area contributed by atoms with Gasteiger partial charge in [0.05, 0.1) is 5.56 Å². The second-order valence-electron chi connectivity index (χ2n) is 3.64. The molecule has 0 aliphatic heterocycles. The van der Waals surface area contributed by atoms with Crippen molar-refractivity contribution in [3.8, 4) is 0 Å². The molecule has 0 radical (unpaired) electrons. The van der Waals surface area contributed by atoms with Crippen molar-refractivity contribution in [2.75, 3.05) is 6.79 Å². The van der Waals surface area contributed by atoms with E-state index in [1.165, 1.54) is 6.92 Å². The van der Waals surface area contributed by atoms with Crippen LogP contribution in [0.2, 0.25) is 0 Å². The molecular weight excluding hydrogens is 220 g/mol. The average molecular weight is 236 g/mol. The number of ether oxygens (including phenoxy) is 2. The maximum absolute atomic E-state index is 11.6. The number of hydrogen-bond acceptors (Lipinski definition) is 4. The Morgan fingerprint density at radius 2 is 2.00 bits per heavy atom. The lowest BCUT2D eigenvalue weighted by atomic mass is 10.1. The second-order valence-corrected chi connectivity index (χ2v) is 3.64. The number of hydrogen-bond donors (Lipinski definition) is 0. The molecular formula is C13H16O4. The van der Waals surface area contributed by atoms with Crippen molar-refractivity contribution in [1.82, 2.24) is 0 Å². The van der Waals surface area contributed by atoms with E-state index in [1.54, 1.807) is 12.1 Å². The highest BCUT2D eigenvalue weighted by Gasteiger charge is 2.07. The smallest absolute Gasteiger partial charge is 0.341 e. The normalized spacial score (nSPS) is 9.76. The molecule has 1 rings (SSSR count). The van der Waals surface area contributed by atoms with Gasteiger partial charge in [-0.05, 0) is 24.1 Å². The molecule has 0 heterocycles. The van der Waals surface area contributed by atoms with E-state index in [0.29, 0.717) is 5.56 Å². The van der Waals surface area contributed by atoms with Gasteiger partial charge in [-0.1, -0.05) is 25.5 Å². The van der Waals surface area contributed by atoms with Crippen molar-refractivity contribution >= 4 is 11.9 Å². The standard InChI is InChI=1S/C13H16O4/c1-3-5-11-6-4-7-12(8-11)13(15)17-9-16-10(2)14/h4,6-8H,3,5,9H2,1-2H3. The summed E-state index contributed by atoms with van der Waals surface area (Å²) in [6.07, 6.45) is 1.94. The number of carbonyl (C=O) groups excluding carboxylic acids is 2. The first-order valence-electron chi connectivity index (χ1n) is 5.53. The molecule has 0 fully saturated rings. The van der Waals surface area contributed by atoms with E-state index >= 15 is 0 Å². The Morgan fingerprint density at radius 1 is 1.24 bits per heavy atom. The molecule has 0 aliphatic rings. The molecule has 4 heteroatoms. The van der Waals surface area contributed by atoms with Crippen LogP contribution >= 0.6 is 0 Å². The molecule has 0 saturated heterocycles. The summed E-state index contributed by atoms with van der Waals surface area (Å²) >= 11 is 0. The lowest BCUT2D eigenvalue weighted by Crippen LogP contribution is -2.11. The topological polar surface area (TPSA) is 52.6 Å². The van der Waals surface area contributed by atoms with E-state index < -0.39 is 11.9 Å². The SMILES string of the molecule is CCCc1cccc(C(=O)OCOC(C)=O)c1. The van der Waals surface area contributed by atoms with E-state index in [0.717, 1.165) is 18.4 Å². The van der Waals surface area contributed by atoms with Crippen LogP contribution in [0.3, 0.4) is 0 Å². The number of rotatable bonds is 5. The van der Waals surface area contributed by atoms with Crippen LogP contribution in [0.25, 0.3) is 0 Å². The molecule has 0 spiro atoms. The summed E-state index contributed by atoms with van der Waals surface area (Å²) in [7, 11) is 0. The van der Waals surface area contributed by atoms with Crippen LogP contribution in [-0.4, -0.2) is 18.7 Å². The molecule has 0 bridgehead atoms.